The topological polar surface area (TPSA) is 107 Å². The summed E-state index contributed by atoms with van der Waals surface area (Å²) >= 11 is 0. The zero-order chi connectivity index (χ0) is 9.78. The second-order valence-electron chi connectivity index (χ2n) is 1.83. The fourth-order valence-corrected chi connectivity index (χ4v) is 0.476. The maximum Gasteiger partial charge on any atom is 0.432 e. The van der Waals surface area contributed by atoms with Gasteiger partial charge in [-0.2, -0.15) is 8.42 Å². The first-order valence-electron chi connectivity index (χ1n) is 2.67. The molecule has 0 aliphatic carbocycles. The maximum atomic E-state index is 10.4. The number of hydrogen-bond acceptors (Lipinski definition) is 6. The molecule has 0 spiro atoms. The molecule has 0 aliphatic rings. The Bertz CT molecular complexity index is 276. The third-order valence-electron chi connectivity index (χ3n) is 0.606. The molecule has 7 nitrogen and oxygen atoms in total. The van der Waals surface area contributed by atoms with E-state index in [0.717, 1.165) is 6.92 Å². The van der Waals surface area contributed by atoms with Crippen molar-refractivity contribution in [2.75, 3.05) is 0 Å². The summed E-state index contributed by atoms with van der Waals surface area (Å²) in [7, 11) is -4.81. The average Bonchev–Trinajstić information content (AvgIpc) is 1.80. The van der Waals surface area contributed by atoms with E-state index in [-0.39, 0.29) is 0 Å². The van der Waals surface area contributed by atoms with Crippen LogP contribution in [0.3, 0.4) is 0 Å². The maximum absolute atomic E-state index is 10.4. The lowest BCUT2D eigenvalue weighted by Gasteiger charge is -1.96. The summed E-state index contributed by atoms with van der Waals surface area (Å²) < 4.78 is 30.7. The van der Waals surface area contributed by atoms with Crippen LogP contribution in [0.4, 0.5) is 0 Å². The van der Waals surface area contributed by atoms with Crippen LogP contribution in [0.1, 0.15) is 13.3 Å². The Morgan fingerprint density at radius 2 is 1.92 bits per heavy atom. The Kier molecular flexibility index (Phi) is 3.80. The fraction of sp³-hybridized carbons (Fsp3) is 0.500. The summed E-state index contributed by atoms with van der Waals surface area (Å²) in [4.78, 5) is 24.1. The number of ketones is 1. The fourth-order valence-electron chi connectivity index (χ4n) is 0.314. The Morgan fingerprint density at radius 1 is 1.42 bits per heavy atom. The molecule has 70 valence electrons. The van der Waals surface area contributed by atoms with Gasteiger partial charge in [-0.1, -0.05) is 0 Å². The predicted octanol–water partition coefficient (Wildman–Crippen LogP) is -0.757. The molecule has 0 aromatic heterocycles. The minimum atomic E-state index is -4.81. The van der Waals surface area contributed by atoms with E-state index in [4.69, 9.17) is 4.55 Å². The summed E-state index contributed by atoms with van der Waals surface area (Å²) in [6, 6.07) is 0. The van der Waals surface area contributed by atoms with E-state index in [1.54, 1.807) is 0 Å². The van der Waals surface area contributed by atoms with Crippen LogP contribution < -0.4 is 0 Å². The Labute approximate surface area is 68.2 Å². The van der Waals surface area contributed by atoms with Crippen LogP contribution in [0.5, 0.6) is 0 Å². The lowest BCUT2D eigenvalue weighted by atomic mass is 10.3. The van der Waals surface area contributed by atoms with Gasteiger partial charge in [0.25, 0.3) is 0 Å². The number of carbonyl (C=O) groups is 2. The highest BCUT2D eigenvalue weighted by atomic mass is 32.3. The van der Waals surface area contributed by atoms with Crippen molar-refractivity contribution in [2.45, 2.75) is 13.3 Å². The molecule has 8 heteroatoms. The largest absolute Gasteiger partial charge is 0.432 e. The van der Waals surface area contributed by atoms with Crippen molar-refractivity contribution in [3.63, 3.8) is 0 Å². The van der Waals surface area contributed by atoms with Crippen LogP contribution in [-0.2, 0) is 29.2 Å². The molecule has 0 aromatic rings. The molecule has 0 aromatic carbocycles. The first-order chi connectivity index (χ1) is 5.31. The molecule has 0 aliphatic heterocycles. The van der Waals surface area contributed by atoms with Gasteiger partial charge in [-0.15, -0.1) is 0 Å². The number of Topliss-reactive ketones (excluding diaryl/α,β-unsaturated/α-hetero) is 1. The van der Waals surface area contributed by atoms with Gasteiger partial charge >= 0.3 is 16.4 Å². The van der Waals surface area contributed by atoms with Crippen molar-refractivity contribution in [1.29, 1.82) is 0 Å². The molecule has 0 saturated heterocycles. The minimum Gasteiger partial charge on any atom is -0.299 e. The zero-order valence-electron chi connectivity index (χ0n) is 6.01. The lowest BCUT2D eigenvalue weighted by molar-refractivity contribution is -0.214. The molecule has 0 rings (SSSR count). The Morgan fingerprint density at radius 3 is 2.25 bits per heavy atom. The van der Waals surface area contributed by atoms with Gasteiger partial charge in [0, 0.05) is 0 Å². The Hall–Kier alpha value is -0.990. The van der Waals surface area contributed by atoms with Gasteiger partial charge in [0.15, 0.2) is 0 Å². The second kappa shape index (κ2) is 4.14. The summed E-state index contributed by atoms with van der Waals surface area (Å²) in [6.45, 7) is 1.11. The van der Waals surface area contributed by atoms with Crippen LogP contribution >= 0.6 is 0 Å². The highest BCUT2D eigenvalue weighted by molar-refractivity contribution is 7.80. The average molecular weight is 198 g/mol. The monoisotopic (exact) mass is 198 g/mol. The van der Waals surface area contributed by atoms with Gasteiger partial charge in [0.1, 0.15) is 12.2 Å². The normalized spacial score (nSPS) is 10.8. The highest BCUT2D eigenvalue weighted by Crippen LogP contribution is 1.92. The van der Waals surface area contributed by atoms with Gasteiger partial charge in [-0.25, -0.2) is 4.79 Å². The first kappa shape index (κ1) is 11.0. The minimum absolute atomic E-state index is 0.515. The summed E-state index contributed by atoms with van der Waals surface area (Å²) in [6.07, 6.45) is -0.616. The summed E-state index contributed by atoms with van der Waals surface area (Å²) in [5, 5.41) is 0. The van der Waals surface area contributed by atoms with Crippen LogP contribution in [0.2, 0.25) is 0 Å². The smallest absolute Gasteiger partial charge is 0.299 e. The third-order valence-corrected chi connectivity index (χ3v) is 0.846. The summed E-state index contributed by atoms with van der Waals surface area (Å²) in [5.41, 5.74) is 0. The van der Waals surface area contributed by atoms with Gasteiger partial charge < -0.3 is 0 Å². The van der Waals surface area contributed by atoms with E-state index < -0.39 is 28.6 Å². The molecule has 0 radical (unpaired) electrons. The SMILES string of the molecule is CC(=O)CC(=O)OOS(=O)(=O)O. The van der Waals surface area contributed by atoms with Gasteiger partial charge in [0.2, 0.25) is 0 Å². The number of carbonyl (C=O) groups excluding carboxylic acids is 2. The van der Waals surface area contributed by atoms with Crippen molar-refractivity contribution in [3.05, 3.63) is 0 Å². The van der Waals surface area contributed by atoms with Gasteiger partial charge in [-0.05, 0) is 11.3 Å². The molecule has 0 atom stereocenters. The van der Waals surface area contributed by atoms with Crippen LogP contribution in [0, 0.1) is 0 Å². The van der Waals surface area contributed by atoms with E-state index in [2.05, 4.69) is 9.22 Å². The molecular weight excluding hydrogens is 192 g/mol. The van der Waals surface area contributed by atoms with Crippen molar-refractivity contribution in [3.8, 4) is 0 Å². The molecule has 0 heterocycles. The lowest BCUT2D eigenvalue weighted by Crippen LogP contribution is -2.13. The van der Waals surface area contributed by atoms with Crippen molar-refractivity contribution in [1.82, 2.24) is 0 Å². The molecule has 1 N–H and O–H groups in total. The molecule has 0 bridgehead atoms. The number of hydrogen-bond donors (Lipinski definition) is 1. The van der Waals surface area contributed by atoms with E-state index in [1.807, 2.05) is 0 Å². The zero-order valence-corrected chi connectivity index (χ0v) is 6.83. The predicted molar refractivity (Wildman–Crippen MR) is 34.0 cm³/mol. The Balaban J connectivity index is 3.81. The van der Waals surface area contributed by atoms with Gasteiger partial charge in [-0.3, -0.25) is 14.2 Å². The van der Waals surface area contributed by atoms with E-state index in [9.17, 15) is 18.0 Å². The third kappa shape index (κ3) is 7.12. The molecule has 0 unspecified atom stereocenters. The summed E-state index contributed by atoms with van der Waals surface area (Å²) in [5.74, 6) is -1.71. The highest BCUT2D eigenvalue weighted by Gasteiger charge is 2.12. The molecule has 12 heavy (non-hydrogen) atoms. The number of rotatable bonds is 4. The van der Waals surface area contributed by atoms with Crippen molar-refractivity contribution >= 4 is 22.2 Å². The van der Waals surface area contributed by atoms with Crippen LogP contribution in [-0.4, -0.2) is 24.7 Å². The standard InChI is InChI=1S/C4H6O7S/c1-3(5)2-4(6)10-11-12(7,8)9/h2H2,1H3,(H,7,8,9). The quantitative estimate of drug-likeness (QED) is 0.274. The van der Waals surface area contributed by atoms with Crippen molar-refractivity contribution in [2.24, 2.45) is 0 Å². The van der Waals surface area contributed by atoms with E-state index >= 15 is 0 Å². The van der Waals surface area contributed by atoms with E-state index in [0.29, 0.717) is 0 Å². The van der Waals surface area contributed by atoms with Crippen molar-refractivity contribution < 1.29 is 31.8 Å². The van der Waals surface area contributed by atoms with E-state index in [1.165, 1.54) is 0 Å². The van der Waals surface area contributed by atoms with Crippen LogP contribution in [0.25, 0.3) is 0 Å². The van der Waals surface area contributed by atoms with Crippen LogP contribution in [0.15, 0.2) is 0 Å². The molecular formula is C4H6O7S. The first-order valence-corrected chi connectivity index (χ1v) is 4.03. The van der Waals surface area contributed by atoms with Gasteiger partial charge in [0.05, 0.1) is 0 Å². The molecule has 0 amide bonds. The second-order valence-corrected chi connectivity index (χ2v) is 2.82. The molecule has 0 fully saturated rings. The molecule has 0 saturated carbocycles.